The molecule has 0 bridgehead atoms. The smallest absolute Gasteiger partial charge is 0.231 e. The number of hydrogen-bond acceptors (Lipinski definition) is 4. The third-order valence-electron chi connectivity index (χ3n) is 3.34. The summed E-state index contributed by atoms with van der Waals surface area (Å²) in [5.41, 5.74) is 1.47. The summed E-state index contributed by atoms with van der Waals surface area (Å²) in [5.74, 6) is 0.783. The standard InChI is InChI=1S/C14H18FN3O/c1-8-5-11(7-12(15)6-8)13-17-14(19-18-13)9(2)10(3)16-4/h5-7,9-10,16H,1-4H3. The number of hydrogen-bond donors (Lipinski definition) is 1. The van der Waals surface area contributed by atoms with Crippen molar-refractivity contribution in [3.05, 3.63) is 35.5 Å². The van der Waals surface area contributed by atoms with Crippen molar-refractivity contribution < 1.29 is 8.91 Å². The topological polar surface area (TPSA) is 51.0 Å². The molecule has 0 radical (unpaired) electrons. The molecule has 0 aliphatic carbocycles. The van der Waals surface area contributed by atoms with Gasteiger partial charge in [0.25, 0.3) is 0 Å². The van der Waals surface area contributed by atoms with E-state index in [4.69, 9.17) is 4.52 Å². The van der Waals surface area contributed by atoms with Crippen molar-refractivity contribution in [2.24, 2.45) is 0 Å². The quantitative estimate of drug-likeness (QED) is 0.921. The number of likely N-dealkylation sites (N-methyl/N-ethyl adjacent to an activating group) is 1. The minimum Gasteiger partial charge on any atom is -0.339 e. The first-order valence-electron chi connectivity index (χ1n) is 6.29. The Morgan fingerprint density at radius 1 is 1.26 bits per heavy atom. The Kier molecular flexibility index (Phi) is 3.95. The molecular weight excluding hydrogens is 245 g/mol. The molecule has 0 spiro atoms. The fourth-order valence-corrected chi connectivity index (χ4v) is 1.87. The molecule has 102 valence electrons. The van der Waals surface area contributed by atoms with Crippen LogP contribution in [-0.4, -0.2) is 23.2 Å². The second kappa shape index (κ2) is 5.48. The maximum atomic E-state index is 13.4. The van der Waals surface area contributed by atoms with Gasteiger partial charge >= 0.3 is 0 Å². The third-order valence-corrected chi connectivity index (χ3v) is 3.34. The lowest BCUT2D eigenvalue weighted by Crippen LogP contribution is -2.27. The molecule has 0 aliphatic heterocycles. The predicted molar refractivity (Wildman–Crippen MR) is 71.4 cm³/mol. The van der Waals surface area contributed by atoms with Gasteiger partial charge in [-0.1, -0.05) is 12.1 Å². The first-order chi connectivity index (χ1) is 9.01. The van der Waals surface area contributed by atoms with E-state index in [0.717, 1.165) is 5.56 Å². The molecule has 1 heterocycles. The zero-order chi connectivity index (χ0) is 14.0. The molecule has 1 N–H and O–H groups in total. The summed E-state index contributed by atoms with van der Waals surface area (Å²) in [7, 11) is 1.88. The van der Waals surface area contributed by atoms with E-state index in [0.29, 0.717) is 17.3 Å². The molecule has 0 saturated carbocycles. The van der Waals surface area contributed by atoms with Gasteiger partial charge in [-0.15, -0.1) is 0 Å². The molecule has 4 nitrogen and oxygen atoms in total. The summed E-state index contributed by atoms with van der Waals surface area (Å²) in [6, 6.07) is 4.94. The third kappa shape index (κ3) is 2.98. The van der Waals surface area contributed by atoms with E-state index in [1.54, 1.807) is 0 Å². The average Bonchev–Trinajstić information content (AvgIpc) is 2.85. The van der Waals surface area contributed by atoms with Crippen LogP contribution in [0, 0.1) is 12.7 Å². The van der Waals surface area contributed by atoms with Crippen LogP contribution in [0.2, 0.25) is 0 Å². The molecule has 0 aliphatic rings. The number of benzene rings is 1. The lowest BCUT2D eigenvalue weighted by Gasteiger charge is -2.14. The van der Waals surface area contributed by atoms with Crippen molar-refractivity contribution in [2.45, 2.75) is 32.7 Å². The molecule has 2 rings (SSSR count). The monoisotopic (exact) mass is 263 g/mol. The first kappa shape index (κ1) is 13.7. The highest BCUT2D eigenvalue weighted by Gasteiger charge is 2.20. The molecule has 19 heavy (non-hydrogen) atoms. The molecule has 1 aromatic carbocycles. The maximum Gasteiger partial charge on any atom is 0.231 e. The Balaban J connectivity index is 2.30. The molecule has 0 fully saturated rings. The van der Waals surface area contributed by atoms with E-state index >= 15 is 0 Å². The van der Waals surface area contributed by atoms with E-state index in [-0.39, 0.29) is 17.8 Å². The van der Waals surface area contributed by atoms with Crippen LogP contribution >= 0.6 is 0 Å². The minimum atomic E-state index is -0.294. The zero-order valence-corrected chi connectivity index (χ0v) is 11.6. The average molecular weight is 263 g/mol. The molecule has 1 aromatic heterocycles. The zero-order valence-electron chi connectivity index (χ0n) is 11.6. The fraction of sp³-hybridized carbons (Fsp3) is 0.429. The summed E-state index contributed by atoms with van der Waals surface area (Å²) < 4.78 is 18.6. The second-order valence-corrected chi connectivity index (χ2v) is 4.84. The van der Waals surface area contributed by atoms with E-state index in [1.807, 2.05) is 33.9 Å². The lowest BCUT2D eigenvalue weighted by molar-refractivity contribution is 0.336. The van der Waals surface area contributed by atoms with Crippen LogP contribution in [-0.2, 0) is 0 Å². The highest BCUT2D eigenvalue weighted by atomic mass is 19.1. The van der Waals surface area contributed by atoms with Crippen molar-refractivity contribution in [3.63, 3.8) is 0 Å². The SMILES string of the molecule is CNC(C)C(C)c1nc(-c2cc(C)cc(F)c2)no1. The normalized spacial score (nSPS) is 14.4. The Labute approximate surface area is 112 Å². The van der Waals surface area contributed by atoms with Gasteiger partial charge in [0.15, 0.2) is 0 Å². The molecule has 0 saturated heterocycles. The number of aromatic nitrogens is 2. The van der Waals surface area contributed by atoms with Gasteiger partial charge in [0.1, 0.15) is 5.82 Å². The van der Waals surface area contributed by atoms with Crippen LogP contribution < -0.4 is 5.32 Å². The highest BCUT2D eigenvalue weighted by Crippen LogP contribution is 2.23. The number of aryl methyl sites for hydroxylation is 1. The molecule has 2 aromatic rings. The molecular formula is C14H18FN3O. The molecule has 2 unspecified atom stereocenters. The van der Waals surface area contributed by atoms with Gasteiger partial charge in [0.05, 0.1) is 5.92 Å². The summed E-state index contributed by atoms with van der Waals surface area (Å²) in [6.45, 7) is 5.88. The van der Waals surface area contributed by atoms with Crippen molar-refractivity contribution in [2.75, 3.05) is 7.05 Å². The Bertz CT molecular complexity index is 547. The van der Waals surface area contributed by atoms with Crippen LogP contribution in [0.25, 0.3) is 11.4 Å². The Morgan fingerprint density at radius 2 is 2.00 bits per heavy atom. The molecule has 5 heteroatoms. The van der Waals surface area contributed by atoms with Crippen LogP contribution in [0.4, 0.5) is 4.39 Å². The Morgan fingerprint density at radius 3 is 2.63 bits per heavy atom. The van der Waals surface area contributed by atoms with Crippen molar-refractivity contribution in [3.8, 4) is 11.4 Å². The van der Waals surface area contributed by atoms with E-state index in [1.165, 1.54) is 12.1 Å². The van der Waals surface area contributed by atoms with Gasteiger partial charge in [0, 0.05) is 11.6 Å². The van der Waals surface area contributed by atoms with Crippen LogP contribution in [0.15, 0.2) is 22.7 Å². The molecule has 2 atom stereocenters. The van der Waals surface area contributed by atoms with Crippen molar-refractivity contribution in [1.29, 1.82) is 0 Å². The van der Waals surface area contributed by atoms with Gasteiger partial charge in [-0.25, -0.2) is 4.39 Å². The number of nitrogens with one attached hydrogen (secondary N) is 1. The second-order valence-electron chi connectivity index (χ2n) is 4.84. The summed E-state index contributed by atoms with van der Waals surface area (Å²) in [5, 5.41) is 7.07. The first-order valence-corrected chi connectivity index (χ1v) is 6.29. The minimum absolute atomic E-state index is 0.0981. The van der Waals surface area contributed by atoms with Gasteiger partial charge in [-0.2, -0.15) is 4.98 Å². The van der Waals surface area contributed by atoms with E-state index in [2.05, 4.69) is 15.5 Å². The van der Waals surface area contributed by atoms with E-state index in [9.17, 15) is 4.39 Å². The van der Waals surface area contributed by atoms with Crippen molar-refractivity contribution in [1.82, 2.24) is 15.5 Å². The lowest BCUT2D eigenvalue weighted by atomic mass is 10.0. The van der Waals surface area contributed by atoms with Gasteiger partial charge in [-0.05, 0) is 44.7 Å². The number of rotatable bonds is 4. The van der Waals surface area contributed by atoms with E-state index < -0.39 is 0 Å². The highest BCUT2D eigenvalue weighted by molar-refractivity contribution is 5.55. The van der Waals surface area contributed by atoms with Crippen LogP contribution in [0.3, 0.4) is 0 Å². The largest absolute Gasteiger partial charge is 0.339 e. The maximum absolute atomic E-state index is 13.4. The number of halogens is 1. The summed E-state index contributed by atoms with van der Waals surface area (Å²) in [4.78, 5) is 4.35. The van der Waals surface area contributed by atoms with Gasteiger partial charge in [0.2, 0.25) is 11.7 Å². The van der Waals surface area contributed by atoms with Crippen LogP contribution in [0.1, 0.15) is 31.2 Å². The van der Waals surface area contributed by atoms with Crippen molar-refractivity contribution >= 4 is 0 Å². The van der Waals surface area contributed by atoms with Gasteiger partial charge < -0.3 is 9.84 Å². The Hall–Kier alpha value is -1.75. The molecule has 0 amide bonds. The fourth-order valence-electron chi connectivity index (χ4n) is 1.87. The summed E-state index contributed by atoms with van der Waals surface area (Å²) in [6.07, 6.45) is 0. The predicted octanol–water partition coefficient (Wildman–Crippen LogP) is 2.90. The van der Waals surface area contributed by atoms with Gasteiger partial charge in [-0.3, -0.25) is 0 Å². The summed E-state index contributed by atoms with van der Waals surface area (Å²) >= 11 is 0. The van der Waals surface area contributed by atoms with Crippen LogP contribution in [0.5, 0.6) is 0 Å². The number of nitrogens with zero attached hydrogens (tertiary/aromatic N) is 2.